The molecule has 1 heterocycles. The Bertz CT molecular complexity index is 455. The summed E-state index contributed by atoms with van der Waals surface area (Å²) in [6.07, 6.45) is 1.65. The average Bonchev–Trinajstić information content (AvgIpc) is 2.50. The van der Waals surface area contributed by atoms with Crippen molar-refractivity contribution >= 4 is 19.7 Å². The van der Waals surface area contributed by atoms with Gasteiger partial charge in [-0.05, 0) is 12.1 Å². The van der Waals surface area contributed by atoms with Crippen molar-refractivity contribution in [1.82, 2.24) is 4.90 Å². The van der Waals surface area contributed by atoms with Crippen molar-refractivity contribution in [2.24, 2.45) is 0 Å². The molecule has 0 saturated carbocycles. The zero-order chi connectivity index (χ0) is 11.7. The first-order valence-electron chi connectivity index (χ1n) is 4.98. The summed E-state index contributed by atoms with van der Waals surface area (Å²) in [5.41, 5.74) is 1.53. The summed E-state index contributed by atoms with van der Waals surface area (Å²) in [6, 6.07) is 6.82. The van der Waals surface area contributed by atoms with Crippen molar-refractivity contribution < 1.29 is 9.59 Å². The molecule has 0 saturated heterocycles. The molecule has 0 aromatic heterocycles. The smallest absolute Gasteiger partial charge is 0.261 e. The maximum absolute atomic E-state index is 11.9. The number of hydrogen-bond acceptors (Lipinski definition) is 2. The summed E-state index contributed by atoms with van der Waals surface area (Å²) in [4.78, 5) is 24.9. The summed E-state index contributed by atoms with van der Waals surface area (Å²) < 4.78 is 0. The van der Waals surface area contributed by atoms with E-state index in [4.69, 9.17) is 7.85 Å². The van der Waals surface area contributed by atoms with Crippen molar-refractivity contribution in [2.75, 3.05) is 6.54 Å². The van der Waals surface area contributed by atoms with Crippen LogP contribution in [0.15, 0.2) is 35.8 Å². The number of carbonyl (C=O) groups excluding carboxylic acids is 2. The van der Waals surface area contributed by atoms with Gasteiger partial charge < -0.3 is 0 Å². The molecule has 0 aliphatic carbocycles. The highest BCUT2D eigenvalue weighted by Gasteiger charge is 2.33. The molecule has 16 heavy (non-hydrogen) atoms. The van der Waals surface area contributed by atoms with E-state index in [0.29, 0.717) is 16.6 Å². The van der Waals surface area contributed by atoms with Gasteiger partial charge in [0.2, 0.25) is 0 Å². The van der Waals surface area contributed by atoms with E-state index in [1.165, 1.54) is 4.90 Å². The summed E-state index contributed by atoms with van der Waals surface area (Å²) in [6.45, 7) is 1.95. The topological polar surface area (TPSA) is 37.4 Å². The molecular weight excluding hydrogens is 201 g/mol. The van der Waals surface area contributed by atoms with Crippen molar-refractivity contribution in [2.45, 2.75) is 6.92 Å². The summed E-state index contributed by atoms with van der Waals surface area (Å²) in [5.74, 6) is -0.504. The van der Waals surface area contributed by atoms with Gasteiger partial charge in [0.25, 0.3) is 11.8 Å². The van der Waals surface area contributed by atoms with Crippen molar-refractivity contribution in [3.63, 3.8) is 0 Å². The van der Waals surface area contributed by atoms with Crippen LogP contribution in [0.3, 0.4) is 0 Å². The molecule has 2 radical (unpaired) electrons. The third kappa shape index (κ3) is 1.67. The molecule has 1 aromatic rings. The second-order valence-corrected chi connectivity index (χ2v) is 3.71. The zero-order valence-corrected chi connectivity index (χ0v) is 8.93. The fourth-order valence-corrected chi connectivity index (χ4v) is 1.64. The molecule has 2 rings (SSSR count). The molecule has 78 valence electrons. The Kier molecular flexibility index (Phi) is 2.65. The Morgan fingerprint density at radius 1 is 1.25 bits per heavy atom. The molecule has 2 amide bonds. The van der Waals surface area contributed by atoms with Crippen molar-refractivity contribution in [3.8, 4) is 0 Å². The van der Waals surface area contributed by atoms with Crippen LogP contribution in [-0.4, -0.2) is 31.1 Å². The van der Waals surface area contributed by atoms with Gasteiger partial charge in [0.1, 0.15) is 7.85 Å². The minimum Gasteiger partial charge on any atom is -0.270 e. The fraction of sp³-hybridized carbons (Fsp3) is 0.167. The van der Waals surface area contributed by atoms with E-state index in [9.17, 15) is 9.59 Å². The van der Waals surface area contributed by atoms with Gasteiger partial charge in [0.05, 0.1) is 11.1 Å². The van der Waals surface area contributed by atoms with Gasteiger partial charge in [-0.3, -0.25) is 14.5 Å². The number of rotatable bonds is 2. The lowest BCUT2D eigenvalue weighted by atomic mass is 9.98. The van der Waals surface area contributed by atoms with Gasteiger partial charge in [-0.1, -0.05) is 25.1 Å². The summed E-state index contributed by atoms with van der Waals surface area (Å²) in [7, 11) is 5.48. The molecule has 0 unspecified atom stereocenters. The quantitative estimate of drug-likeness (QED) is 0.547. The lowest BCUT2D eigenvalue weighted by Crippen LogP contribution is -2.29. The molecule has 0 spiro atoms. The van der Waals surface area contributed by atoms with E-state index in [2.05, 4.69) is 0 Å². The van der Waals surface area contributed by atoms with E-state index in [0.717, 1.165) is 0 Å². The number of amides is 2. The third-order valence-corrected chi connectivity index (χ3v) is 2.47. The van der Waals surface area contributed by atoms with E-state index in [1.54, 1.807) is 37.3 Å². The van der Waals surface area contributed by atoms with Gasteiger partial charge in [-0.15, -0.1) is 5.47 Å². The van der Waals surface area contributed by atoms with Crippen LogP contribution in [0.1, 0.15) is 27.6 Å². The van der Waals surface area contributed by atoms with Crippen LogP contribution in [0.25, 0.3) is 0 Å². The largest absolute Gasteiger partial charge is 0.270 e. The van der Waals surface area contributed by atoms with Gasteiger partial charge in [-0.25, -0.2) is 0 Å². The van der Waals surface area contributed by atoms with Gasteiger partial charge >= 0.3 is 0 Å². The van der Waals surface area contributed by atoms with E-state index in [1.807, 2.05) is 0 Å². The molecule has 4 heteroatoms. The highest BCUT2D eigenvalue weighted by Crippen LogP contribution is 2.22. The Morgan fingerprint density at radius 3 is 2.19 bits per heavy atom. The maximum atomic E-state index is 11.9. The summed E-state index contributed by atoms with van der Waals surface area (Å²) in [5, 5.41) is 0. The first-order valence-corrected chi connectivity index (χ1v) is 4.98. The molecule has 0 atom stereocenters. The lowest BCUT2D eigenvalue weighted by Gasteiger charge is -2.10. The first kappa shape index (κ1) is 10.7. The predicted molar refractivity (Wildman–Crippen MR) is 61.3 cm³/mol. The minimum absolute atomic E-state index is 0.231. The Morgan fingerprint density at radius 2 is 1.75 bits per heavy atom. The second kappa shape index (κ2) is 3.97. The highest BCUT2D eigenvalue weighted by atomic mass is 16.2. The van der Waals surface area contributed by atoms with Gasteiger partial charge in [0, 0.05) is 6.54 Å². The second-order valence-electron chi connectivity index (χ2n) is 3.71. The Labute approximate surface area is 95.2 Å². The number of nitrogens with zero attached hydrogens (tertiary/aromatic N) is 1. The Hall–Kier alpha value is -1.84. The van der Waals surface area contributed by atoms with Crippen LogP contribution in [0.5, 0.6) is 0 Å². The standard InChI is InChI=1S/C12H10BNO2/c1-8(13)6-7-14-11(15)9-4-2-3-5-10(9)12(14)16/h2-6H,7H2,1H3/b8-6-. The van der Waals surface area contributed by atoms with E-state index < -0.39 is 0 Å². The SMILES string of the molecule is [B]/C(C)=C\CN1C(=O)c2ccccc2C1=O. The monoisotopic (exact) mass is 211 g/mol. The number of fused-ring (bicyclic) bond motifs is 1. The van der Waals surface area contributed by atoms with Crippen LogP contribution in [0.4, 0.5) is 0 Å². The molecule has 1 aliphatic heterocycles. The number of carbonyl (C=O) groups is 2. The molecule has 1 aliphatic rings. The molecule has 0 fully saturated rings. The van der Waals surface area contributed by atoms with Crippen molar-refractivity contribution in [3.05, 3.63) is 46.9 Å². The molecule has 1 aromatic carbocycles. The minimum atomic E-state index is -0.252. The molecule has 0 N–H and O–H groups in total. The number of benzene rings is 1. The number of allylic oxidation sites excluding steroid dienone is 1. The number of hydrogen-bond donors (Lipinski definition) is 0. The van der Waals surface area contributed by atoms with Crippen molar-refractivity contribution in [1.29, 1.82) is 0 Å². The van der Waals surface area contributed by atoms with E-state index >= 15 is 0 Å². The fourth-order valence-electron chi connectivity index (χ4n) is 1.64. The predicted octanol–water partition coefficient (Wildman–Crippen LogP) is 1.35. The van der Waals surface area contributed by atoms with Crippen LogP contribution >= 0.6 is 0 Å². The average molecular weight is 211 g/mol. The van der Waals surface area contributed by atoms with Crippen LogP contribution in [0.2, 0.25) is 0 Å². The van der Waals surface area contributed by atoms with Crippen LogP contribution < -0.4 is 0 Å². The van der Waals surface area contributed by atoms with E-state index in [-0.39, 0.29) is 18.4 Å². The third-order valence-electron chi connectivity index (χ3n) is 2.47. The Balaban J connectivity index is 2.32. The molecule has 3 nitrogen and oxygen atoms in total. The van der Waals surface area contributed by atoms with Gasteiger partial charge in [0.15, 0.2) is 0 Å². The van der Waals surface area contributed by atoms with Crippen LogP contribution in [-0.2, 0) is 0 Å². The molecular formula is C12H10BNO2. The summed E-state index contributed by atoms with van der Waals surface area (Å²) >= 11 is 0. The normalized spacial score (nSPS) is 15.6. The molecule has 0 bridgehead atoms. The maximum Gasteiger partial charge on any atom is 0.261 e. The highest BCUT2D eigenvalue weighted by molar-refractivity contribution is 6.22. The lowest BCUT2D eigenvalue weighted by molar-refractivity contribution is 0.0672. The first-order chi connectivity index (χ1) is 7.61. The van der Waals surface area contributed by atoms with Crippen LogP contribution in [0, 0.1) is 0 Å². The zero-order valence-electron chi connectivity index (χ0n) is 8.93. The van der Waals surface area contributed by atoms with Gasteiger partial charge in [-0.2, -0.15) is 0 Å². The number of imide groups is 1.